The summed E-state index contributed by atoms with van der Waals surface area (Å²) in [5, 5.41) is 57.7. The fourth-order valence-electron chi connectivity index (χ4n) is 5.97. The molecule has 316 valence electrons. The lowest BCUT2D eigenvalue weighted by Gasteiger charge is -2.17. The Morgan fingerprint density at radius 1 is 0.625 bits per heavy atom. The maximum Gasteiger partial charge on any atom is 0.351 e. The van der Waals surface area contributed by atoms with E-state index >= 15 is 0 Å². The van der Waals surface area contributed by atoms with Crippen LogP contribution < -0.4 is 22.3 Å². The van der Waals surface area contributed by atoms with Crippen LogP contribution in [0.25, 0.3) is 0 Å². The highest BCUT2D eigenvalue weighted by molar-refractivity contribution is 5.70. The third-order valence-corrected chi connectivity index (χ3v) is 9.25. The predicted octanol–water partition coefficient (Wildman–Crippen LogP) is 0.951. The number of hydrogen-bond acceptors (Lipinski definition) is 18. The van der Waals surface area contributed by atoms with Gasteiger partial charge in [-0.2, -0.15) is 9.97 Å². The van der Waals surface area contributed by atoms with Gasteiger partial charge < -0.3 is 49.8 Å². The first-order valence-corrected chi connectivity index (χ1v) is 19.3. The number of unbranched alkanes of at least 4 members (excludes halogenated alkanes) is 10. The highest BCUT2D eigenvalue weighted by Crippen LogP contribution is 2.29. The normalized spacial score (nSPS) is 24.3. The second-order valence-corrected chi connectivity index (χ2v) is 13.7. The van der Waals surface area contributed by atoms with Gasteiger partial charge in [0, 0.05) is 37.4 Å². The maximum absolute atomic E-state index is 12.2. The number of rotatable bonds is 22. The van der Waals surface area contributed by atoms with Gasteiger partial charge in [-0.15, -0.1) is 0 Å². The van der Waals surface area contributed by atoms with Crippen LogP contribution in [0.5, 0.6) is 0 Å². The van der Waals surface area contributed by atoms with Gasteiger partial charge in [0.05, 0.1) is 13.2 Å². The first-order valence-electron chi connectivity index (χ1n) is 19.3. The van der Waals surface area contributed by atoms with Crippen LogP contribution in [0.4, 0.5) is 11.6 Å². The lowest BCUT2D eigenvalue weighted by Crippen LogP contribution is -2.36. The average molecular weight is 799 g/mol. The summed E-state index contributed by atoms with van der Waals surface area (Å²) in [6, 6.07) is 2.74. The SMILES string of the molecule is CCCCCCCCC(=O)ONc1ccn([C@@H]2O[C@H](CO)[C@H](O)C2O)c(=O)n1.CCCCCCCCC(=O)ONc1ccn([C@@H]2O[C@H](CO)[C@H](O)C2O)c(=O)n1. The first-order chi connectivity index (χ1) is 26.9. The first kappa shape index (κ1) is 46.4. The number of aliphatic hydroxyl groups is 6. The van der Waals surface area contributed by atoms with Gasteiger partial charge in [0.15, 0.2) is 24.1 Å². The van der Waals surface area contributed by atoms with E-state index in [1.807, 2.05) is 0 Å². The summed E-state index contributed by atoms with van der Waals surface area (Å²) in [5.41, 5.74) is 3.13. The summed E-state index contributed by atoms with van der Waals surface area (Å²) in [6.07, 6.45) is 6.08. The van der Waals surface area contributed by atoms with E-state index in [-0.39, 0.29) is 24.5 Å². The Labute approximate surface area is 324 Å². The molecule has 0 bridgehead atoms. The van der Waals surface area contributed by atoms with E-state index in [1.165, 1.54) is 63.1 Å². The lowest BCUT2D eigenvalue weighted by molar-refractivity contribution is -0.141. The third kappa shape index (κ3) is 14.2. The number of ether oxygens (including phenoxy) is 2. The summed E-state index contributed by atoms with van der Waals surface area (Å²) in [6.45, 7) is 3.30. The molecule has 0 aromatic carbocycles. The molecule has 56 heavy (non-hydrogen) atoms. The molecule has 2 unspecified atom stereocenters. The maximum atomic E-state index is 12.2. The van der Waals surface area contributed by atoms with Crippen LogP contribution in [0.1, 0.15) is 116 Å². The molecule has 0 amide bonds. The van der Waals surface area contributed by atoms with Crippen molar-refractivity contribution in [2.45, 2.75) is 153 Å². The van der Waals surface area contributed by atoms with E-state index in [2.05, 4.69) is 34.8 Å². The van der Waals surface area contributed by atoms with Gasteiger partial charge in [-0.05, 0) is 12.8 Å². The highest BCUT2D eigenvalue weighted by atomic mass is 16.7. The van der Waals surface area contributed by atoms with E-state index in [9.17, 15) is 39.6 Å². The number of hydrogen-bond donors (Lipinski definition) is 8. The second kappa shape index (κ2) is 24.6. The number of aromatic nitrogens is 4. The minimum atomic E-state index is -1.38. The number of aliphatic hydroxyl groups excluding tert-OH is 6. The van der Waals surface area contributed by atoms with Gasteiger partial charge in [0.1, 0.15) is 36.6 Å². The summed E-state index contributed by atoms with van der Waals surface area (Å²) in [7, 11) is 0. The van der Waals surface area contributed by atoms with E-state index in [1.54, 1.807) is 0 Å². The van der Waals surface area contributed by atoms with Crippen molar-refractivity contribution in [3.63, 3.8) is 0 Å². The molecule has 8 atom stereocenters. The fourth-order valence-corrected chi connectivity index (χ4v) is 5.97. The molecular weight excluding hydrogens is 740 g/mol. The molecule has 2 saturated heterocycles. The summed E-state index contributed by atoms with van der Waals surface area (Å²) < 4.78 is 12.6. The molecule has 0 radical (unpaired) electrons. The quantitative estimate of drug-likeness (QED) is 0.0608. The van der Waals surface area contributed by atoms with Crippen LogP contribution in [0.2, 0.25) is 0 Å². The highest BCUT2D eigenvalue weighted by Gasteiger charge is 2.44. The summed E-state index contributed by atoms with van der Waals surface area (Å²) in [4.78, 5) is 65.0. The van der Waals surface area contributed by atoms with Crippen molar-refractivity contribution in [2.75, 3.05) is 24.2 Å². The van der Waals surface area contributed by atoms with E-state index in [0.717, 1.165) is 47.7 Å². The Balaban J connectivity index is 0.000000300. The van der Waals surface area contributed by atoms with Crippen molar-refractivity contribution >= 4 is 23.6 Å². The van der Waals surface area contributed by atoms with Crippen LogP contribution in [0, 0.1) is 0 Å². The van der Waals surface area contributed by atoms with E-state index < -0.39 is 85.6 Å². The molecule has 0 saturated carbocycles. The Kier molecular flexibility index (Phi) is 20.3. The van der Waals surface area contributed by atoms with Crippen LogP contribution in [0.15, 0.2) is 34.1 Å². The van der Waals surface area contributed by atoms with Gasteiger partial charge in [-0.25, -0.2) is 30.1 Å². The molecule has 0 aliphatic carbocycles. The molecule has 4 rings (SSSR count). The Morgan fingerprint density at radius 2 is 0.982 bits per heavy atom. The largest absolute Gasteiger partial charge is 0.394 e. The molecule has 2 aliphatic rings. The molecule has 4 heterocycles. The molecule has 2 aromatic rings. The molecular formula is C36H58N6O14. The lowest BCUT2D eigenvalue weighted by atomic mass is 10.1. The zero-order valence-corrected chi connectivity index (χ0v) is 32.0. The number of carbonyl (C=O) groups is 2. The number of nitrogens with one attached hydrogen (secondary N) is 2. The van der Waals surface area contributed by atoms with Crippen LogP contribution in [-0.4, -0.2) is 112 Å². The van der Waals surface area contributed by atoms with Gasteiger partial charge >= 0.3 is 23.3 Å². The average Bonchev–Trinajstić information content (AvgIpc) is 3.64. The molecule has 2 aromatic heterocycles. The monoisotopic (exact) mass is 798 g/mol. The second-order valence-electron chi connectivity index (χ2n) is 13.7. The summed E-state index contributed by atoms with van der Waals surface area (Å²) >= 11 is 0. The van der Waals surface area contributed by atoms with Crippen molar-refractivity contribution < 1.29 is 59.4 Å². The van der Waals surface area contributed by atoms with Gasteiger partial charge in [-0.3, -0.25) is 9.13 Å². The molecule has 2 aliphatic heterocycles. The Morgan fingerprint density at radius 3 is 1.30 bits per heavy atom. The molecule has 2 fully saturated rings. The van der Waals surface area contributed by atoms with Gasteiger partial charge in [0.2, 0.25) is 0 Å². The number of nitrogens with zero attached hydrogens (tertiary/aromatic N) is 4. The minimum Gasteiger partial charge on any atom is -0.394 e. The van der Waals surface area contributed by atoms with Crippen molar-refractivity contribution in [1.82, 2.24) is 19.1 Å². The zero-order valence-electron chi connectivity index (χ0n) is 32.0. The number of carbonyl (C=O) groups excluding carboxylic acids is 2. The predicted molar refractivity (Wildman–Crippen MR) is 198 cm³/mol. The minimum absolute atomic E-state index is 0.0317. The standard InChI is InChI=1S/2C18H29N3O7/c2*1-2-3-4-5-6-7-8-14(23)28-20-13-9-10-21(18(26)19-13)17-16(25)15(24)12(11-22)27-17/h2*9-10,12,15-17,22,24-25H,2-8,11H2,1H3,(H,19,20,26)/t2*12-,15+,16?,17-/m11/s1. The van der Waals surface area contributed by atoms with Crippen molar-refractivity contribution in [3.05, 3.63) is 45.5 Å². The zero-order chi connectivity index (χ0) is 41.0. The van der Waals surface area contributed by atoms with Crippen molar-refractivity contribution in [1.29, 1.82) is 0 Å². The van der Waals surface area contributed by atoms with Gasteiger partial charge in [-0.1, -0.05) is 78.1 Å². The topological polar surface area (TPSA) is 286 Å². The van der Waals surface area contributed by atoms with Crippen LogP contribution in [0.3, 0.4) is 0 Å². The smallest absolute Gasteiger partial charge is 0.351 e. The number of anilines is 2. The Hall–Kier alpha value is -4.02. The summed E-state index contributed by atoms with van der Waals surface area (Å²) in [5.74, 6) is -0.816. The van der Waals surface area contributed by atoms with E-state index in [4.69, 9.17) is 29.4 Å². The van der Waals surface area contributed by atoms with E-state index in [0.29, 0.717) is 0 Å². The molecule has 0 spiro atoms. The molecule has 20 heteroatoms. The molecule has 20 nitrogen and oxygen atoms in total. The van der Waals surface area contributed by atoms with Crippen LogP contribution in [-0.2, 0) is 28.7 Å². The van der Waals surface area contributed by atoms with Gasteiger partial charge in [0.25, 0.3) is 0 Å². The van der Waals surface area contributed by atoms with Crippen molar-refractivity contribution in [2.24, 2.45) is 0 Å². The third-order valence-electron chi connectivity index (χ3n) is 9.25. The fraction of sp³-hybridized carbons (Fsp3) is 0.722. The Bertz CT molecular complexity index is 1480. The van der Waals surface area contributed by atoms with Crippen molar-refractivity contribution in [3.8, 4) is 0 Å². The van der Waals surface area contributed by atoms with Crippen LogP contribution >= 0.6 is 0 Å². The molecule has 8 N–H and O–H groups in total.